The number of anilines is 1. The predicted octanol–water partition coefficient (Wildman–Crippen LogP) is 6.37. The molecule has 0 spiro atoms. The summed E-state index contributed by atoms with van der Waals surface area (Å²) < 4.78 is 7.37. The Morgan fingerprint density at radius 2 is 2.00 bits per heavy atom. The fraction of sp³-hybridized carbons (Fsp3) is 0.276. The molecular formula is C29H26Cl2N4O3S2. The molecule has 0 saturated carbocycles. The number of carbonyl (C=O) groups is 2. The third-order valence-electron chi connectivity index (χ3n) is 6.93. The van der Waals surface area contributed by atoms with Gasteiger partial charge in [0.2, 0.25) is 11.8 Å². The van der Waals surface area contributed by atoms with Crippen molar-refractivity contribution in [3.63, 3.8) is 0 Å². The Morgan fingerprint density at radius 1 is 1.12 bits per heavy atom. The molecule has 2 aromatic heterocycles. The summed E-state index contributed by atoms with van der Waals surface area (Å²) in [5.74, 6) is 0.264. The highest BCUT2D eigenvalue weighted by Crippen LogP contribution is 2.49. The number of halogens is 2. The molecule has 2 atom stereocenters. The van der Waals surface area contributed by atoms with Gasteiger partial charge in [0.15, 0.2) is 0 Å². The topological polar surface area (TPSA) is 76.5 Å². The van der Waals surface area contributed by atoms with Gasteiger partial charge in [0.1, 0.15) is 18.1 Å². The molecule has 2 aliphatic rings. The lowest BCUT2D eigenvalue weighted by atomic mass is 10.0. The molecule has 2 aromatic carbocycles. The predicted molar refractivity (Wildman–Crippen MR) is 162 cm³/mol. The van der Waals surface area contributed by atoms with Crippen LogP contribution >= 0.6 is 46.3 Å². The van der Waals surface area contributed by atoms with Crippen LogP contribution in [-0.4, -0.2) is 53.1 Å². The normalized spacial score (nSPS) is 18.9. The second-order valence-corrected chi connectivity index (χ2v) is 12.5. The number of hydrogen-bond donors (Lipinski definition) is 1. The number of nitrogens with one attached hydrogen (secondary N) is 1. The molecule has 0 aliphatic carbocycles. The molecule has 6 rings (SSSR count). The minimum absolute atomic E-state index is 0.00111. The van der Waals surface area contributed by atoms with Gasteiger partial charge in [0.05, 0.1) is 32.7 Å². The zero-order valence-electron chi connectivity index (χ0n) is 21.4. The fourth-order valence-electron chi connectivity index (χ4n) is 5.07. The minimum atomic E-state index is -0.259. The molecule has 1 fully saturated rings. The SMILES string of the molecule is O=C(CN1C(=O)CS[C@@H](c2cccc(Cl)c2)c2c(-c3cccs3)nn(-c3ccccc3Cl)c21)NC[C@H]1CCCO1. The van der Waals surface area contributed by atoms with E-state index in [0.29, 0.717) is 34.7 Å². The van der Waals surface area contributed by atoms with E-state index in [1.165, 1.54) is 11.8 Å². The quantitative estimate of drug-likeness (QED) is 0.262. The number of thioether (sulfide) groups is 1. The van der Waals surface area contributed by atoms with E-state index in [9.17, 15) is 9.59 Å². The van der Waals surface area contributed by atoms with Gasteiger partial charge in [-0.1, -0.05) is 53.5 Å². The van der Waals surface area contributed by atoms with Crippen molar-refractivity contribution < 1.29 is 14.3 Å². The van der Waals surface area contributed by atoms with Crippen LogP contribution in [0.15, 0.2) is 66.0 Å². The maximum absolute atomic E-state index is 13.8. The van der Waals surface area contributed by atoms with Gasteiger partial charge in [-0.25, -0.2) is 4.68 Å². The van der Waals surface area contributed by atoms with Crippen molar-refractivity contribution in [1.82, 2.24) is 15.1 Å². The standard InChI is InChI=1S/C29H26Cl2N4O3S2/c30-19-7-3-6-18(14-19)28-26-27(23-11-5-13-39-23)33-35(22-10-2-1-9-21(22)31)29(26)34(25(37)17-40-28)16-24(36)32-15-20-8-4-12-38-20/h1-3,5-7,9-11,13-14,20,28H,4,8,12,15-17H2,(H,32,36)/t20-,28+/m1/s1. The Bertz CT molecular complexity index is 1540. The van der Waals surface area contributed by atoms with E-state index >= 15 is 0 Å². The van der Waals surface area contributed by atoms with E-state index < -0.39 is 0 Å². The number of benzene rings is 2. The van der Waals surface area contributed by atoms with Crippen LogP contribution < -0.4 is 10.2 Å². The van der Waals surface area contributed by atoms with Crippen LogP contribution in [0.1, 0.15) is 29.2 Å². The Kier molecular flexibility index (Phi) is 8.18. The Hall–Kier alpha value is -2.82. The molecule has 1 N–H and O–H groups in total. The summed E-state index contributed by atoms with van der Waals surface area (Å²) in [5.41, 5.74) is 3.15. The van der Waals surface area contributed by atoms with Crippen molar-refractivity contribution >= 4 is 63.9 Å². The first-order valence-corrected chi connectivity index (χ1v) is 15.7. The summed E-state index contributed by atoms with van der Waals surface area (Å²) in [6, 6.07) is 19.0. The van der Waals surface area contributed by atoms with Crippen molar-refractivity contribution in [3.8, 4) is 16.3 Å². The van der Waals surface area contributed by atoms with E-state index in [1.807, 2.05) is 60.0 Å². The average molecular weight is 614 g/mol. The summed E-state index contributed by atoms with van der Waals surface area (Å²) in [4.78, 5) is 29.5. The van der Waals surface area contributed by atoms with Gasteiger partial charge in [-0.15, -0.1) is 23.1 Å². The molecular weight excluding hydrogens is 587 g/mol. The molecule has 4 heterocycles. The van der Waals surface area contributed by atoms with Gasteiger partial charge in [0.25, 0.3) is 0 Å². The smallest absolute Gasteiger partial charge is 0.240 e. The van der Waals surface area contributed by atoms with Crippen LogP contribution in [0.2, 0.25) is 10.0 Å². The number of thiophene rings is 1. The van der Waals surface area contributed by atoms with Gasteiger partial charge < -0.3 is 10.1 Å². The third-order valence-corrected chi connectivity index (χ3v) is 9.61. The number of ether oxygens (including phenoxy) is 1. The highest BCUT2D eigenvalue weighted by molar-refractivity contribution is 8.00. The lowest BCUT2D eigenvalue weighted by Gasteiger charge is -2.24. The van der Waals surface area contributed by atoms with Crippen molar-refractivity contribution in [1.29, 1.82) is 0 Å². The molecule has 2 amide bonds. The van der Waals surface area contributed by atoms with Crippen LogP contribution in [0.25, 0.3) is 16.3 Å². The fourth-order valence-corrected chi connectivity index (χ4v) is 7.40. The number of aromatic nitrogens is 2. The number of amides is 2. The van der Waals surface area contributed by atoms with E-state index in [1.54, 1.807) is 27.0 Å². The van der Waals surface area contributed by atoms with E-state index in [0.717, 1.165) is 34.5 Å². The van der Waals surface area contributed by atoms with Gasteiger partial charge in [-0.3, -0.25) is 14.5 Å². The first-order chi connectivity index (χ1) is 19.5. The van der Waals surface area contributed by atoms with E-state index in [4.69, 9.17) is 33.0 Å². The lowest BCUT2D eigenvalue weighted by Crippen LogP contribution is -2.44. The number of para-hydroxylation sites is 1. The van der Waals surface area contributed by atoms with E-state index in [-0.39, 0.29) is 35.5 Å². The Balaban J connectivity index is 1.51. The first kappa shape index (κ1) is 27.4. The Morgan fingerprint density at radius 3 is 2.75 bits per heavy atom. The highest BCUT2D eigenvalue weighted by atomic mass is 35.5. The van der Waals surface area contributed by atoms with Crippen LogP contribution in [0, 0.1) is 0 Å². The molecule has 206 valence electrons. The summed E-state index contributed by atoms with van der Waals surface area (Å²) in [7, 11) is 0. The molecule has 2 aliphatic heterocycles. The number of rotatable bonds is 7. The van der Waals surface area contributed by atoms with Crippen molar-refractivity contribution in [2.24, 2.45) is 0 Å². The maximum Gasteiger partial charge on any atom is 0.240 e. The molecule has 7 nitrogen and oxygen atoms in total. The largest absolute Gasteiger partial charge is 0.376 e. The molecule has 0 unspecified atom stereocenters. The van der Waals surface area contributed by atoms with Crippen molar-refractivity contribution in [2.45, 2.75) is 24.2 Å². The van der Waals surface area contributed by atoms with E-state index in [2.05, 4.69) is 5.32 Å². The van der Waals surface area contributed by atoms with Crippen LogP contribution in [0.4, 0.5) is 5.82 Å². The highest BCUT2D eigenvalue weighted by Gasteiger charge is 2.38. The average Bonchev–Trinajstić information content (AvgIpc) is 3.72. The van der Waals surface area contributed by atoms with Crippen molar-refractivity contribution in [2.75, 3.05) is 30.3 Å². The molecule has 0 radical (unpaired) electrons. The lowest BCUT2D eigenvalue weighted by molar-refractivity contribution is -0.123. The summed E-state index contributed by atoms with van der Waals surface area (Å²) in [6.45, 7) is 0.971. The second-order valence-electron chi connectivity index (χ2n) is 9.59. The van der Waals surface area contributed by atoms with Gasteiger partial charge in [-0.2, -0.15) is 5.10 Å². The van der Waals surface area contributed by atoms with Crippen LogP contribution in [-0.2, 0) is 14.3 Å². The summed E-state index contributed by atoms with van der Waals surface area (Å²) in [5, 5.41) is 10.8. The second kappa shape index (κ2) is 12.0. The number of carbonyl (C=O) groups excluding carboxylic acids is 2. The zero-order valence-corrected chi connectivity index (χ0v) is 24.5. The van der Waals surface area contributed by atoms with Crippen molar-refractivity contribution in [3.05, 3.63) is 87.2 Å². The maximum atomic E-state index is 13.8. The summed E-state index contributed by atoms with van der Waals surface area (Å²) >= 11 is 16.2. The molecule has 4 aromatic rings. The van der Waals surface area contributed by atoms with Gasteiger partial charge >= 0.3 is 0 Å². The van der Waals surface area contributed by atoms with Crippen LogP contribution in [0.3, 0.4) is 0 Å². The van der Waals surface area contributed by atoms with Gasteiger partial charge in [-0.05, 0) is 54.1 Å². The molecule has 0 bridgehead atoms. The molecule has 11 heteroatoms. The molecule has 1 saturated heterocycles. The van der Waals surface area contributed by atoms with Crippen LogP contribution in [0.5, 0.6) is 0 Å². The third kappa shape index (κ3) is 5.53. The minimum Gasteiger partial charge on any atom is -0.376 e. The van der Waals surface area contributed by atoms with Gasteiger partial charge in [0, 0.05) is 23.7 Å². The first-order valence-electron chi connectivity index (χ1n) is 13.0. The monoisotopic (exact) mass is 612 g/mol. The number of fused-ring (bicyclic) bond motifs is 1. The summed E-state index contributed by atoms with van der Waals surface area (Å²) in [6.07, 6.45) is 1.90. The number of hydrogen-bond acceptors (Lipinski definition) is 6. The Labute approximate surface area is 250 Å². The number of nitrogens with zero attached hydrogens (tertiary/aromatic N) is 3. The zero-order chi connectivity index (χ0) is 27.6. The molecule has 40 heavy (non-hydrogen) atoms.